The summed E-state index contributed by atoms with van der Waals surface area (Å²) in [7, 11) is 0. The summed E-state index contributed by atoms with van der Waals surface area (Å²) in [6.45, 7) is 12.4. The molecule has 1 heterocycles. The number of hydrogen-bond acceptors (Lipinski definition) is 3. The maximum atomic E-state index is 13.3. The summed E-state index contributed by atoms with van der Waals surface area (Å²) in [4.78, 5) is 27.6. The Kier molecular flexibility index (Phi) is 7.54. The van der Waals surface area contributed by atoms with Crippen molar-refractivity contribution in [3.63, 3.8) is 0 Å². The Morgan fingerprint density at radius 1 is 1.06 bits per heavy atom. The zero-order valence-corrected chi connectivity index (χ0v) is 20.7. The molecule has 3 aromatic rings. The second-order valence-electron chi connectivity index (χ2n) is 10.0. The first-order chi connectivity index (χ1) is 15.9. The summed E-state index contributed by atoms with van der Waals surface area (Å²) < 4.78 is 15.0. The molecule has 0 radical (unpaired) electrons. The molecule has 7 heteroatoms. The fourth-order valence-electron chi connectivity index (χ4n) is 3.51. The van der Waals surface area contributed by atoms with Gasteiger partial charge in [-0.25, -0.2) is 9.07 Å². The quantitative estimate of drug-likeness (QED) is 0.512. The van der Waals surface area contributed by atoms with Gasteiger partial charge in [0.05, 0.1) is 11.4 Å². The predicted octanol–water partition coefficient (Wildman–Crippen LogP) is 5.35. The molecular weight excluding hydrogens is 431 g/mol. The van der Waals surface area contributed by atoms with Crippen LogP contribution in [0.1, 0.15) is 56.2 Å². The van der Waals surface area contributed by atoms with Crippen LogP contribution in [0.3, 0.4) is 0 Å². The van der Waals surface area contributed by atoms with E-state index < -0.39 is 5.82 Å². The lowest BCUT2D eigenvalue weighted by molar-refractivity contribution is -0.117. The number of nitrogens with zero attached hydrogens (tertiary/aromatic N) is 3. The lowest BCUT2D eigenvalue weighted by atomic mass is 9.92. The molecule has 6 nitrogen and oxygen atoms in total. The third-order valence-corrected chi connectivity index (χ3v) is 5.32. The van der Waals surface area contributed by atoms with Crippen LogP contribution in [0, 0.1) is 18.7 Å². The number of nitrogens with one attached hydrogen (secondary N) is 1. The molecule has 1 N–H and O–H groups in total. The average Bonchev–Trinajstić information content (AvgIpc) is 3.17. The standard InChI is InChI=1S/C27H33FN4O2/c1-18(2)16-31(26(34)20-9-11-21(28)12-10-20)17-25(33)29-24-15-23(27(4,5)6)30-32(24)22-13-7-19(3)8-14-22/h7-15,18H,16-17H2,1-6H3,(H,29,33). The van der Waals surface area contributed by atoms with Crippen LogP contribution in [0.2, 0.25) is 0 Å². The Balaban J connectivity index is 1.86. The number of rotatable bonds is 7. The monoisotopic (exact) mass is 464 g/mol. The Morgan fingerprint density at radius 3 is 2.24 bits per heavy atom. The van der Waals surface area contributed by atoms with E-state index in [9.17, 15) is 14.0 Å². The molecule has 0 saturated carbocycles. The van der Waals surface area contributed by atoms with Crippen molar-refractivity contribution in [2.45, 2.75) is 47.0 Å². The Labute approximate surface area is 200 Å². The zero-order valence-electron chi connectivity index (χ0n) is 20.7. The zero-order chi connectivity index (χ0) is 25.0. The van der Waals surface area contributed by atoms with Crippen molar-refractivity contribution in [1.29, 1.82) is 0 Å². The number of amides is 2. The third kappa shape index (κ3) is 6.31. The smallest absolute Gasteiger partial charge is 0.254 e. The van der Waals surface area contributed by atoms with Crippen LogP contribution >= 0.6 is 0 Å². The Morgan fingerprint density at radius 2 is 1.68 bits per heavy atom. The minimum atomic E-state index is -0.413. The van der Waals surface area contributed by atoms with E-state index in [4.69, 9.17) is 5.10 Å². The van der Waals surface area contributed by atoms with E-state index in [0.717, 1.165) is 16.9 Å². The number of aromatic nitrogens is 2. The first-order valence-electron chi connectivity index (χ1n) is 11.5. The predicted molar refractivity (Wildman–Crippen MR) is 133 cm³/mol. The van der Waals surface area contributed by atoms with Gasteiger partial charge in [-0.3, -0.25) is 9.59 Å². The molecule has 0 atom stereocenters. The maximum Gasteiger partial charge on any atom is 0.254 e. The molecule has 0 unspecified atom stereocenters. The summed E-state index contributed by atoms with van der Waals surface area (Å²) >= 11 is 0. The summed E-state index contributed by atoms with van der Waals surface area (Å²) in [6.07, 6.45) is 0. The van der Waals surface area contributed by atoms with Gasteiger partial charge in [-0.05, 0) is 49.2 Å². The molecule has 0 aliphatic heterocycles. The van der Waals surface area contributed by atoms with Gasteiger partial charge in [0, 0.05) is 23.6 Å². The van der Waals surface area contributed by atoms with E-state index >= 15 is 0 Å². The first-order valence-corrected chi connectivity index (χ1v) is 11.5. The molecule has 180 valence electrons. The van der Waals surface area contributed by atoms with Gasteiger partial charge in [0.1, 0.15) is 18.2 Å². The van der Waals surface area contributed by atoms with E-state index in [1.807, 2.05) is 51.1 Å². The van der Waals surface area contributed by atoms with Gasteiger partial charge in [0.15, 0.2) is 0 Å². The molecule has 0 fully saturated rings. The number of halogens is 1. The molecule has 34 heavy (non-hydrogen) atoms. The lowest BCUT2D eigenvalue weighted by Crippen LogP contribution is -2.40. The van der Waals surface area contributed by atoms with Crippen LogP contribution in [0.5, 0.6) is 0 Å². The highest BCUT2D eigenvalue weighted by Crippen LogP contribution is 2.26. The van der Waals surface area contributed by atoms with Crippen molar-refractivity contribution in [3.8, 4) is 5.69 Å². The molecule has 0 saturated heterocycles. The summed E-state index contributed by atoms with van der Waals surface area (Å²) in [5.41, 5.74) is 2.93. The highest BCUT2D eigenvalue weighted by atomic mass is 19.1. The first kappa shape index (κ1) is 25.1. The van der Waals surface area contributed by atoms with Crippen molar-refractivity contribution >= 4 is 17.6 Å². The molecule has 0 spiro atoms. The van der Waals surface area contributed by atoms with Crippen LogP contribution in [0.15, 0.2) is 54.6 Å². The molecule has 0 aliphatic rings. The molecule has 3 rings (SSSR count). The normalized spacial score (nSPS) is 11.5. The Bertz CT molecular complexity index is 1140. The van der Waals surface area contributed by atoms with E-state index in [1.54, 1.807) is 4.68 Å². The fourth-order valence-corrected chi connectivity index (χ4v) is 3.51. The van der Waals surface area contributed by atoms with Crippen LogP contribution in [-0.4, -0.2) is 39.6 Å². The van der Waals surface area contributed by atoms with Gasteiger partial charge in [0.2, 0.25) is 5.91 Å². The van der Waals surface area contributed by atoms with Crippen LogP contribution in [-0.2, 0) is 10.2 Å². The van der Waals surface area contributed by atoms with E-state index in [1.165, 1.54) is 29.2 Å². The number of aryl methyl sites for hydroxylation is 1. The molecule has 1 aromatic heterocycles. The van der Waals surface area contributed by atoms with Gasteiger partial charge in [-0.15, -0.1) is 0 Å². The van der Waals surface area contributed by atoms with E-state index in [2.05, 4.69) is 26.1 Å². The molecule has 0 aliphatic carbocycles. The number of carbonyl (C=O) groups is 2. The second-order valence-corrected chi connectivity index (χ2v) is 10.0. The SMILES string of the molecule is Cc1ccc(-n2nc(C(C)(C)C)cc2NC(=O)CN(CC(C)C)C(=O)c2ccc(F)cc2)cc1. The van der Waals surface area contributed by atoms with Crippen LogP contribution in [0.4, 0.5) is 10.2 Å². The lowest BCUT2D eigenvalue weighted by Gasteiger charge is -2.24. The van der Waals surface area contributed by atoms with Gasteiger partial charge in [-0.2, -0.15) is 5.10 Å². The average molecular weight is 465 g/mol. The molecule has 0 bridgehead atoms. The third-order valence-electron chi connectivity index (χ3n) is 5.32. The highest BCUT2D eigenvalue weighted by molar-refractivity contribution is 5.99. The number of benzene rings is 2. The Hall–Kier alpha value is -3.48. The number of carbonyl (C=O) groups excluding carboxylic acids is 2. The van der Waals surface area contributed by atoms with Crippen molar-refractivity contribution < 1.29 is 14.0 Å². The van der Waals surface area contributed by atoms with Gasteiger partial charge >= 0.3 is 0 Å². The summed E-state index contributed by atoms with van der Waals surface area (Å²) in [6, 6.07) is 15.1. The topological polar surface area (TPSA) is 67.2 Å². The number of anilines is 1. The summed E-state index contributed by atoms with van der Waals surface area (Å²) in [5, 5.41) is 7.68. The maximum absolute atomic E-state index is 13.3. The summed E-state index contributed by atoms with van der Waals surface area (Å²) in [5.74, 6) is -0.361. The second kappa shape index (κ2) is 10.2. The van der Waals surface area contributed by atoms with Crippen LogP contribution < -0.4 is 5.32 Å². The van der Waals surface area contributed by atoms with Crippen LogP contribution in [0.25, 0.3) is 5.69 Å². The molecule has 2 aromatic carbocycles. The largest absolute Gasteiger partial charge is 0.329 e. The van der Waals surface area contributed by atoms with Gasteiger partial charge in [0.25, 0.3) is 5.91 Å². The van der Waals surface area contributed by atoms with Gasteiger partial charge < -0.3 is 10.2 Å². The molecular formula is C27H33FN4O2. The van der Waals surface area contributed by atoms with Gasteiger partial charge in [-0.1, -0.05) is 52.3 Å². The minimum absolute atomic E-state index is 0.127. The van der Waals surface area contributed by atoms with E-state index in [-0.39, 0.29) is 29.7 Å². The number of hydrogen-bond donors (Lipinski definition) is 1. The van der Waals surface area contributed by atoms with E-state index in [0.29, 0.717) is 17.9 Å². The highest BCUT2D eigenvalue weighted by Gasteiger charge is 2.24. The molecule has 2 amide bonds. The fraction of sp³-hybridized carbons (Fsp3) is 0.370. The van der Waals surface area contributed by atoms with Crippen molar-refractivity contribution in [3.05, 3.63) is 77.2 Å². The van der Waals surface area contributed by atoms with Crippen molar-refractivity contribution in [1.82, 2.24) is 14.7 Å². The van der Waals surface area contributed by atoms with Crippen molar-refractivity contribution in [2.75, 3.05) is 18.4 Å². The van der Waals surface area contributed by atoms with Crippen molar-refractivity contribution in [2.24, 2.45) is 5.92 Å². The minimum Gasteiger partial charge on any atom is -0.329 e.